The molecule has 0 spiro atoms. The Morgan fingerprint density at radius 2 is 1.71 bits per heavy atom. The first-order valence-electron chi connectivity index (χ1n) is 13.0. The normalized spacial score (nSPS) is 15.8. The summed E-state index contributed by atoms with van der Waals surface area (Å²) in [5.74, 6) is -1.80. The van der Waals surface area contributed by atoms with Gasteiger partial charge in [0, 0.05) is 5.75 Å². The van der Waals surface area contributed by atoms with Crippen molar-refractivity contribution in [2.24, 2.45) is 0 Å². The molecule has 1 aromatic heterocycles. The van der Waals surface area contributed by atoms with Crippen molar-refractivity contribution in [1.82, 2.24) is 10.2 Å². The highest BCUT2D eigenvalue weighted by Crippen LogP contribution is 2.43. The number of ketones is 1. The zero-order chi connectivity index (χ0) is 29.1. The zero-order valence-electron chi connectivity index (χ0n) is 22.7. The number of benzene rings is 3. The highest BCUT2D eigenvalue weighted by atomic mass is 32.2. The van der Waals surface area contributed by atoms with E-state index in [0.717, 1.165) is 22.5 Å². The van der Waals surface area contributed by atoms with Gasteiger partial charge < -0.3 is 5.11 Å². The van der Waals surface area contributed by atoms with E-state index in [2.05, 4.69) is 31.0 Å². The molecule has 1 atom stereocenters. The number of aliphatic hydroxyl groups excluding tert-OH is 1. The third kappa shape index (κ3) is 6.16. The van der Waals surface area contributed by atoms with Crippen molar-refractivity contribution < 1.29 is 19.1 Å². The molecule has 6 nitrogen and oxygen atoms in total. The topological polar surface area (TPSA) is 83.4 Å². The Kier molecular flexibility index (Phi) is 8.19. The number of hydrogen-bond donors (Lipinski definition) is 1. The molecule has 41 heavy (non-hydrogen) atoms. The molecule has 0 bridgehead atoms. The number of rotatable bonds is 8. The molecule has 9 heteroatoms. The molecule has 3 aromatic carbocycles. The second-order valence-corrected chi connectivity index (χ2v) is 12.7. The van der Waals surface area contributed by atoms with Crippen molar-refractivity contribution in [3.05, 3.63) is 124 Å². The predicted octanol–water partition coefficient (Wildman–Crippen LogP) is 7.45. The van der Waals surface area contributed by atoms with E-state index in [-0.39, 0.29) is 21.9 Å². The van der Waals surface area contributed by atoms with Gasteiger partial charge in [-0.05, 0) is 39.8 Å². The molecule has 1 unspecified atom stereocenters. The van der Waals surface area contributed by atoms with Crippen molar-refractivity contribution in [3.63, 3.8) is 0 Å². The molecule has 5 rings (SSSR count). The van der Waals surface area contributed by atoms with Crippen LogP contribution < -0.4 is 4.90 Å². The first kappa shape index (κ1) is 28.4. The minimum absolute atomic E-state index is 0.0264. The molecule has 1 aliphatic heterocycles. The zero-order valence-corrected chi connectivity index (χ0v) is 24.4. The Hall–Kier alpha value is -4.08. The van der Waals surface area contributed by atoms with Crippen molar-refractivity contribution in [1.29, 1.82) is 0 Å². The second-order valence-electron chi connectivity index (χ2n) is 10.6. The summed E-state index contributed by atoms with van der Waals surface area (Å²) in [5, 5.41) is 19.7. The van der Waals surface area contributed by atoms with E-state index in [1.807, 2.05) is 54.6 Å². The summed E-state index contributed by atoms with van der Waals surface area (Å²) >= 11 is 2.44. The maximum atomic E-state index is 14.1. The fraction of sp³-hybridized carbons (Fsp3) is 0.188. The van der Waals surface area contributed by atoms with Crippen LogP contribution in [0.5, 0.6) is 0 Å². The van der Waals surface area contributed by atoms with Crippen molar-refractivity contribution in [2.45, 2.75) is 42.3 Å². The average Bonchev–Trinajstić information content (AvgIpc) is 3.53. The van der Waals surface area contributed by atoms with Gasteiger partial charge in [-0.15, -0.1) is 10.2 Å². The first-order valence-corrected chi connectivity index (χ1v) is 14.8. The standard InChI is InChI=1S/C32H28FN3O3S2/c1-32(2,3)23-16-14-21(15-17-23)27-26(25(37)18-13-20-9-5-4-6-10-20)28(38)29(39)36(27)30-34-35-31(41-30)40-19-22-11-7-8-12-24(22)33/h4-18,27,38H,19H2,1-3H3. The van der Waals surface area contributed by atoms with E-state index in [1.54, 1.807) is 24.3 Å². The number of thioether (sulfide) groups is 1. The SMILES string of the molecule is CC(C)(C)c1ccc(C2C(C(=O)C=Cc3ccccc3)=C(O)C(=O)N2c2nnc(SCc3ccccc3F)s2)cc1. The number of amides is 1. The van der Waals surface area contributed by atoms with Gasteiger partial charge in [-0.1, -0.05) is 123 Å². The molecule has 0 saturated carbocycles. The van der Waals surface area contributed by atoms with Crippen molar-refractivity contribution >= 4 is 46.0 Å². The number of aromatic nitrogens is 2. The van der Waals surface area contributed by atoms with E-state index in [4.69, 9.17) is 0 Å². The summed E-state index contributed by atoms with van der Waals surface area (Å²) in [6.07, 6.45) is 3.02. The highest BCUT2D eigenvalue weighted by molar-refractivity contribution is 8.00. The number of halogens is 1. The minimum atomic E-state index is -0.901. The van der Waals surface area contributed by atoms with Gasteiger partial charge in [-0.2, -0.15) is 0 Å². The van der Waals surface area contributed by atoms with Crippen LogP contribution in [-0.4, -0.2) is 27.0 Å². The molecular formula is C32H28FN3O3S2. The molecule has 1 N–H and O–H groups in total. The summed E-state index contributed by atoms with van der Waals surface area (Å²) < 4.78 is 14.6. The second kappa shape index (κ2) is 11.8. The fourth-order valence-corrected chi connectivity index (χ4v) is 6.33. The Labute approximate surface area is 246 Å². The molecule has 0 saturated heterocycles. The molecule has 1 amide bonds. The number of carbonyl (C=O) groups excluding carboxylic acids is 2. The summed E-state index contributed by atoms with van der Waals surface area (Å²) in [6, 6.07) is 22.6. The molecule has 0 aliphatic carbocycles. The maximum absolute atomic E-state index is 14.1. The molecule has 4 aromatic rings. The smallest absolute Gasteiger partial charge is 0.296 e. The Balaban J connectivity index is 1.49. The van der Waals surface area contributed by atoms with Gasteiger partial charge in [-0.25, -0.2) is 4.39 Å². The lowest BCUT2D eigenvalue weighted by molar-refractivity contribution is -0.117. The van der Waals surface area contributed by atoms with Crippen molar-refractivity contribution in [2.75, 3.05) is 4.90 Å². The highest BCUT2D eigenvalue weighted by Gasteiger charge is 2.45. The van der Waals surface area contributed by atoms with Crippen LogP contribution in [0.25, 0.3) is 6.08 Å². The van der Waals surface area contributed by atoms with Crippen LogP contribution in [0.15, 0.2) is 101 Å². The summed E-state index contributed by atoms with van der Waals surface area (Å²) in [5.41, 5.74) is 2.96. The Morgan fingerprint density at radius 3 is 2.39 bits per heavy atom. The van der Waals surface area contributed by atoms with Crippen LogP contribution in [0.4, 0.5) is 9.52 Å². The average molecular weight is 586 g/mol. The maximum Gasteiger partial charge on any atom is 0.296 e. The number of nitrogens with zero attached hydrogens (tertiary/aromatic N) is 3. The van der Waals surface area contributed by atoms with Gasteiger partial charge in [0.2, 0.25) is 5.13 Å². The number of anilines is 1. The molecule has 2 heterocycles. The van der Waals surface area contributed by atoms with Gasteiger partial charge in [0.25, 0.3) is 5.91 Å². The van der Waals surface area contributed by atoms with Gasteiger partial charge in [0.05, 0.1) is 11.6 Å². The molecule has 208 valence electrons. The third-order valence-electron chi connectivity index (χ3n) is 6.70. The van der Waals surface area contributed by atoms with Gasteiger partial charge >= 0.3 is 0 Å². The van der Waals surface area contributed by atoms with E-state index in [1.165, 1.54) is 28.8 Å². The van der Waals surface area contributed by atoms with Gasteiger partial charge in [0.1, 0.15) is 5.82 Å². The van der Waals surface area contributed by atoms with Gasteiger partial charge in [0.15, 0.2) is 15.9 Å². The Bertz CT molecular complexity index is 1640. The van der Waals surface area contributed by atoms with Crippen LogP contribution in [0, 0.1) is 5.82 Å². The lowest BCUT2D eigenvalue weighted by Gasteiger charge is -2.25. The quantitative estimate of drug-likeness (QED) is 0.131. The Morgan fingerprint density at radius 1 is 1.02 bits per heavy atom. The molecule has 0 radical (unpaired) electrons. The lowest BCUT2D eigenvalue weighted by Crippen LogP contribution is -2.31. The summed E-state index contributed by atoms with van der Waals surface area (Å²) in [6.45, 7) is 6.30. The monoisotopic (exact) mass is 585 g/mol. The van der Waals surface area contributed by atoms with E-state index in [9.17, 15) is 19.1 Å². The van der Waals surface area contributed by atoms with Crippen molar-refractivity contribution in [3.8, 4) is 0 Å². The molecular weight excluding hydrogens is 558 g/mol. The van der Waals surface area contributed by atoms with E-state index < -0.39 is 23.5 Å². The first-order chi connectivity index (χ1) is 19.6. The van der Waals surface area contributed by atoms with Crippen LogP contribution in [0.1, 0.15) is 49.1 Å². The van der Waals surface area contributed by atoms with Gasteiger partial charge in [-0.3, -0.25) is 14.5 Å². The van der Waals surface area contributed by atoms with Crippen LogP contribution in [-0.2, 0) is 20.8 Å². The number of hydrogen-bond acceptors (Lipinski definition) is 7. The van der Waals surface area contributed by atoms with E-state index >= 15 is 0 Å². The number of allylic oxidation sites excluding steroid dienone is 1. The number of aliphatic hydroxyl groups is 1. The molecule has 0 fully saturated rings. The summed E-state index contributed by atoms with van der Waals surface area (Å²) in [4.78, 5) is 28.3. The lowest BCUT2D eigenvalue weighted by atomic mass is 9.85. The largest absolute Gasteiger partial charge is 0.503 e. The molecule has 1 aliphatic rings. The predicted molar refractivity (Wildman–Crippen MR) is 161 cm³/mol. The van der Waals surface area contributed by atoms with Crippen LogP contribution in [0.3, 0.4) is 0 Å². The van der Waals surface area contributed by atoms with Crippen LogP contribution >= 0.6 is 23.1 Å². The fourth-order valence-electron chi connectivity index (χ4n) is 4.47. The third-order valence-corrected chi connectivity index (χ3v) is 8.81. The number of carbonyl (C=O) groups is 2. The summed E-state index contributed by atoms with van der Waals surface area (Å²) in [7, 11) is 0. The van der Waals surface area contributed by atoms with E-state index in [0.29, 0.717) is 21.2 Å². The van der Waals surface area contributed by atoms with Crippen LogP contribution in [0.2, 0.25) is 0 Å². The minimum Gasteiger partial charge on any atom is -0.503 e.